The van der Waals surface area contributed by atoms with Crippen molar-refractivity contribution in [1.29, 1.82) is 10.9 Å². The minimum Gasteiger partial charge on any atom is -0.394 e. The maximum Gasteiger partial charge on any atom is 0.249 e. The van der Waals surface area contributed by atoms with Crippen LogP contribution in [0.25, 0.3) is 10.9 Å². The lowest BCUT2D eigenvalue weighted by Crippen LogP contribution is -2.63. The van der Waals surface area contributed by atoms with E-state index in [9.17, 15) is 63.0 Å². The van der Waals surface area contributed by atoms with Gasteiger partial charge in [-0.25, -0.2) is 10.4 Å². The van der Waals surface area contributed by atoms with Gasteiger partial charge in [0.15, 0.2) is 5.96 Å². The Morgan fingerprint density at radius 1 is 0.732 bits per heavy atom. The number of aliphatic hydroxyl groups excluding tert-OH is 2. The number of nitrogens with zero attached hydrogens (tertiary/aromatic N) is 3. The second kappa shape index (κ2) is 47.8. The summed E-state index contributed by atoms with van der Waals surface area (Å²) in [5.74, 6) is -15.9. The third-order valence-electron chi connectivity index (χ3n) is 21.4. The van der Waals surface area contributed by atoms with Crippen molar-refractivity contribution in [3.63, 3.8) is 0 Å². The van der Waals surface area contributed by atoms with E-state index in [4.69, 9.17) is 43.3 Å². The maximum atomic E-state index is 15.7. The van der Waals surface area contributed by atoms with Crippen LogP contribution in [0, 0.1) is 22.8 Å². The largest absolute Gasteiger partial charge is 0.394 e. The number of primary amides is 2. The predicted octanol–water partition coefficient (Wildman–Crippen LogP) is -8.26. The van der Waals surface area contributed by atoms with Gasteiger partial charge in [-0.1, -0.05) is 73.5 Å². The first-order chi connectivity index (χ1) is 59.0. The summed E-state index contributed by atoms with van der Waals surface area (Å²) >= 11 is 0. The van der Waals surface area contributed by atoms with Crippen LogP contribution in [-0.2, 0) is 101 Å². The van der Waals surface area contributed by atoms with E-state index >= 15 is 19.2 Å². The zero-order valence-corrected chi connectivity index (χ0v) is 68.3. The summed E-state index contributed by atoms with van der Waals surface area (Å²) in [6.07, 6.45) is 1.84. The molecule has 2 saturated heterocycles. The minimum atomic E-state index is -2.00. The van der Waals surface area contributed by atoms with E-state index in [1.807, 2.05) is 18.2 Å². The molecule has 0 bridgehead atoms. The van der Waals surface area contributed by atoms with Crippen LogP contribution >= 0.6 is 0 Å². The number of para-hydroxylation sites is 1. The minimum absolute atomic E-state index is 0.0132. The van der Waals surface area contributed by atoms with E-state index in [-0.39, 0.29) is 141 Å². The molecule has 4 heterocycles. The van der Waals surface area contributed by atoms with Crippen LogP contribution in [0.15, 0.2) is 78.5 Å². The monoisotopic (exact) mass is 1720 g/mol. The third-order valence-corrected chi connectivity index (χ3v) is 21.4. The number of carbonyl (C=O) groups is 15. The van der Waals surface area contributed by atoms with Crippen molar-refractivity contribution >= 4 is 105 Å². The lowest BCUT2D eigenvalue weighted by atomic mass is 10.0. The molecule has 46 nitrogen and oxygen atoms in total. The highest BCUT2D eigenvalue weighted by Crippen LogP contribution is 2.49. The van der Waals surface area contributed by atoms with Crippen molar-refractivity contribution in [3.8, 4) is 0 Å². The summed E-state index contributed by atoms with van der Waals surface area (Å²) in [7, 11) is 0. The second-order valence-electron chi connectivity index (χ2n) is 30.6. The summed E-state index contributed by atoms with van der Waals surface area (Å²) in [5.41, 5.74) is 35.9. The Labute approximate surface area is 707 Å². The summed E-state index contributed by atoms with van der Waals surface area (Å²) < 4.78 is 10.6. The molecule has 4 aliphatic rings. The van der Waals surface area contributed by atoms with Gasteiger partial charge >= 0.3 is 0 Å². The number of ether oxygens (including phenoxy) is 2. The molecule has 8 rings (SSSR count). The first-order valence-electron chi connectivity index (χ1n) is 40.8. The number of aromatic nitrogens is 3. The van der Waals surface area contributed by atoms with Gasteiger partial charge in [-0.15, -0.1) is 0 Å². The predicted molar refractivity (Wildman–Crippen MR) is 437 cm³/mol. The number of imidazole rings is 1. The Morgan fingerprint density at radius 2 is 1.43 bits per heavy atom. The molecule has 2 aromatic heterocycles. The van der Waals surface area contributed by atoms with Crippen LogP contribution in [0.1, 0.15) is 107 Å². The molecule has 2 saturated carbocycles. The number of nitrogens with two attached hydrogens (primary N) is 4. The fraction of sp³-hybridized carbons (Fsp3) is 0.571. The summed E-state index contributed by atoms with van der Waals surface area (Å²) in [5, 5.41) is 67.6. The Morgan fingerprint density at radius 3 is 2.15 bits per heavy atom. The van der Waals surface area contributed by atoms with E-state index < -0.39 is 211 Å². The molecule has 4 fully saturated rings. The topological polar surface area (TPSA) is 719 Å². The molecule has 4 unspecified atom stereocenters. The molecule has 14 amide bonds. The summed E-state index contributed by atoms with van der Waals surface area (Å²) in [4.78, 5) is 225. The second-order valence-corrected chi connectivity index (χ2v) is 30.6. The molecule has 14 atom stereocenters. The first kappa shape index (κ1) is 96.3. The van der Waals surface area contributed by atoms with Gasteiger partial charge in [0.1, 0.15) is 77.8 Å². The van der Waals surface area contributed by atoms with Crippen LogP contribution < -0.4 is 108 Å². The number of fused-ring (bicyclic) bond motifs is 3. The molecule has 2 aliphatic carbocycles. The van der Waals surface area contributed by atoms with E-state index in [1.165, 1.54) is 12.5 Å². The van der Waals surface area contributed by atoms with Crippen LogP contribution in [0.2, 0.25) is 0 Å². The number of H-pyrrole nitrogens is 2. The number of hydrogen-bond donors (Lipinski definition) is 26. The number of nitrogens with one attached hydrogen (secondary N) is 20. The lowest BCUT2D eigenvalue weighted by Gasteiger charge is -2.32. The van der Waals surface area contributed by atoms with Crippen LogP contribution in [-0.4, -0.2) is 282 Å². The van der Waals surface area contributed by atoms with Gasteiger partial charge in [-0.2, -0.15) is 5.53 Å². The van der Waals surface area contributed by atoms with E-state index in [0.717, 1.165) is 15.8 Å². The molecule has 30 N–H and O–H groups in total. The van der Waals surface area contributed by atoms with Gasteiger partial charge in [0.25, 0.3) is 0 Å². The highest BCUT2D eigenvalue weighted by molar-refractivity contribution is 6.04. The Hall–Kier alpha value is -12.2. The van der Waals surface area contributed by atoms with Crippen molar-refractivity contribution < 1.29 is 91.6 Å². The number of hydrazine groups is 1. The van der Waals surface area contributed by atoms with Gasteiger partial charge in [0.05, 0.1) is 64.3 Å². The molecule has 0 spiro atoms. The number of guanidine groups is 1. The number of hydrogen-bond acceptors (Lipinski definition) is 27. The van der Waals surface area contributed by atoms with Gasteiger partial charge < -0.3 is 127 Å². The molecule has 123 heavy (non-hydrogen) atoms. The number of rotatable bonds is 43. The van der Waals surface area contributed by atoms with Crippen LogP contribution in [0.5, 0.6) is 0 Å². The zero-order valence-electron chi connectivity index (χ0n) is 68.3. The first-order valence-corrected chi connectivity index (χ1v) is 40.8. The normalized spacial score (nSPS) is 23.1. The van der Waals surface area contributed by atoms with Crippen LogP contribution in [0.3, 0.4) is 0 Å². The molecule has 46 heteroatoms. The molecular weight excluding hydrogens is 1610 g/mol. The number of benzene rings is 2. The SMILES string of the molecule is CCCC[C@H](NC(=O)[C@H](CN)NC(=O)[C@@H](Cc1c[nH]cn1)NC(=O)C1(NC(=O)[C@H](CO)NC(=O)CNC(=O)COCCOCCNNCNN=N)CC1CC(N)=O)C(=O)NC12CC1CC(=O)CNCCCC[C@@H](C(N)=O)NC(=O)[C@H](Cc1c[nH]c3ccccc13)NC(=O)[C@H](CCCNC(=N)N)NC(=O)[C@@H](Cc1ccccc1)NC(=O)[C@@H]1C[C@@H](O)CN1C2=O. The lowest BCUT2D eigenvalue weighted by molar-refractivity contribution is -0.144. The number of aromatic amines is 2. The van der Waals surface area contributed by atoms with Crippen molar-refractivity contribution in [3.05, 3.63) is 90.1 Å². The molecule has 672 valence electrons. The number of carbonyl (C=O) groups excluding carboxylic acids is 15. The number of Topliss-reactive ketones (excluding diaryl/α,β-unsaturated/α-hetero) is 1. The fourth-order valence-electron chi connectivity index (χ4n) is 14.6. The van der Waals surface area contributed by atoms with E-state index in [1.54, 1.807) is 49.5 Å². The Bertz CT molecular complexity index is 4330. The molecule has 0 radical (unpaired) electrons. The highest BCUT2D eigenvalue weighted by Gasteiger charge is 2.65. The van der Waals surface area contributed by atoms with Gasteiger partial charge in [0.2, 0.25) is 82.7 Å². The molecule has 2 aliphatic heterocycles. The molecular formula is C77H115N27O19. The number of unbranched alkanes of at least 4 members (excludes halogenated alkanes) is 1. The summed E-state index contributed by atoms with van der Waals surface area (Å²) in [6.45, 7) is -0.531. The quantitative estimate of drug-likeness (QED) is 0.00489. The standard InChI is InChI=1S/C77H115N27O19/c1-2-3-15-54(96-69(116)58(33-78)99-68(115)57(29-47-35-85-41-89-47)100-73(120)76(31-46(76)28-61(79)108)101-71(118)59(39-105)93-62(109)37-88-63(110)40-123-24-23-122-22-21-90-91-42-92-103-83)70(117)102-77-32-45(77)27-48(106)36-84-19-10-9-17-52(64(80)111)94-67(114)56(26-44-34-87-51-16-8-7-14-50(44)51)97-65(112)53(18-11-20-86-75(81)82)95-66(113)55(25-43-12-5-4-6-13-43)98-72(119)60-30-49(107)38-104(60)74(77)121/h4-8,12-14,16,34-35,41,45-46,49,52-60,84,87,90-91,105,107H,2-3,9-11,15,17-33,36-40,42,78H2,1H3,(H2,79,108)(H2,80,111)(H2,83,92)(H,85,89)(H,88,110)(H,93,109)(H,94,114)(H,95,113)(H,96,116)(H,97,112)(H,98,119)(H,99,115)(H,100,120)(H,101,118)(H,102,117)(H4,81,82,86)/t45?,46?,49-,52+,53+,54+,55-,56+,57-,58+,59+,60+,76?,77?/m1/s1. The number of amides is 14. The molecule has 2 aromatic carbocycles. The van der Waals surface area contributed by atoms with Crippen LogP contribution in [0.4, 0.5) is 0 Å². The van der Waals surface area contributed by atoms with Crippen molar-refractivity contribution in [2.45, 2.75) is 181 Å². The van der Waals surface area contributed by atoms with Gasteiger partial charge in [-0.3, -0.25) is 88.2 Å². The zero-order chi connectivity index (χ0) is 89.2. The van der Waals surface area contributed by atoms with E-state index in [0.29, 0.717) is 30.5 Å². The van der Waals surface area contributed by atoms with Gasteiger partial charge in [0, 0.05) is 99.8 Å². The third kappa shape index (κ3) is 29.3. The van der Waals surface area contributed by atoms with E-state index in [2.05, 4.69) is 106 Å². The van der Waals surface area contributed by atoms with Crippen molar-refractivity contribution in [2.24, 2.45) is 40.0 Å². The Kier molecular flexibility index (Phi) is 37.4. The van der Waals surface area contributed by atoms with Gasteiger partial charge in [-0.05, 0) is 75.1 Å². The highest BCUT2D eigenvalue weighted by atomic mass is 16.5. The number of ketones is 1. The number of aliphatic hydroxyl groups is 2. The fourth-order valence-corrected chi connectivity index (χ4v) is 14.6. The average molecular weight is 1720 g/mol. The van der Waals surface area contributed by atoms with Crippen molar-refractivity contribution in [2.75, 3.05) is 85.5 Å². The Balaban J connectivity index is 0.992. The summed E-state index contributed by atoms with van der Waals surface area (Å²) in [6, 6.07) is 1.86. The molecule has 4 aromatic rings. The average Bonchev–Trinajstić information content (AvgIpc) is 1.66. The smallest absolute Gasteiger partial charge is 0.249 e. The van der Waals surface area contributed by atoms with Crippen molar-refractivity contribution in [1.82, 2.24) is 105 Å². The maximum absolute atomic E-state index is 15.7.